The van der Waals surface area contributed by atoms with Crippen LogP contribution in [-0.4, -0.2) is 29.1 Å². The van der Waals surface area contributed by atoms with Gasteiger partial charge in [0, 0.05) is 30.0 Å². The Kier molecular flexibility index (Phi) is 5.71. The van der Waals surface area contributed by atoms with Gasteiger partial charge in [-0.1, -0.05) is 16.8 Å². The van der Waals surface area contributed by atoms with E-state index in [1.807, 2.05) is 12.1 Å². The molecule has 0 fully saturated rings. The van der Waals surface area contributed by atoms with Crippen LogP contribution in [0, 0.1) is 0 Å². The zero-order chi connectivity index (χ0) is 15.1. The number of amides is 1. The molecule has 1 heterocycles. The number of hydrogen-bond acceptors (Lipinski definition) is 5. The Morgan fingerprint density at radius 1 is 1.33 bits per heavy atom. The molecule has 0 saturated carbocycles. The summed E-state index contributed by atoms with van der Waals surface area (Å²) >= 11 is 5.83. The fraction of sp³-hybridized carbons (Fsp3) is 0.357. The van der Waals surface area contributed by atoms with E-state index in [4.69, 9.17) is 21.9 Å². The summed E-state index contributed by atoms with van der Waals surface area (Å²) in [4.78, 5) is 15.7. The number of carbonyl (C=O) groups excluding carboxylic acids is 1. The number of carbonyl (C=O) groups is 1. The largest absolute Gasteiger partial charge is 0.356 e. The minimum atomic E-state index is -0.0158. The molecular formula is C14H17ClN4O2. The van der Waals surface area contributed by atoms with Crippen LogP contribution in [0.4, 0.5) is 0 Å². The normalized spacial score (nSPS) is 10.6. The number of nitrogens with two attached hydrogens (primary N) is 1. The Hall–Kier alpha value is -1.92. The summed E-state index contributed by atoms with van der Waals surface area (Å²) in [5.41, 5.74) is 6.18. The predicted octanol–water partition coefficient (Wildman–Crippen LogP) is 1.79. The highest BCUT2D eigenvalue weighted by Gasteiger charge is 2.09. The molecule has 0 aliphatic carbocycles. The molecule has 21 heavy (non-hydrogen) atoms. The van der Waals surface area contributed by atoms with E-state index in [0.717, 1.165) is 5.56 Å². The highest BCUT2D eigenvalue weighted by molar-refractivity contribution is 6.30. The number of rotatable bonds is 7. The first-order chi connectivity index (χ1) is 10.2. The van der Waals surface area contributed by atoms with Gasteiger partial charge in [-0.15, -0.1) is 0 Å². The van der Waals surface area contributed by atoms with Crippen molar-refractivity contribution >= 4 is 17.5 Å². The molecule has 0 spiro atoms. The minimum Gasteiger partial charge on any atom is -0.356 e. The summed E-state index contributed by atoms with van der Waals surface area (Å²) < 4.78 is 5.15. The van der Waals surface area contributed by atoms with Gasteiger partial charge in [0.15, 0.2) is 0 Å². The molecule has 7 heteroatoms. The number of nitrogens with one attached hydrogen (secondary N) is 1. The van der Waals surface area contributed by atoms with Crippen LogP contribution < -0.4 is 11.1 Å². The molecule has 2 aromatic rings. The smallest absolute Gasteiger partial charge is 0.228 e. The summed E-state index contributed by atoms with van der Waals surface area (Å²) in [6.45, 7) is 0.979. The second kappa shape index (κ2) is 7.75. The molecule has 0 unspecified atom stereocenters. The van der Waals surface area contributed by atoms with Crippen LogP contribution >= 0.6 is 11.6 Å². The lowest BCUT2D eigenvalue weighted by Crippen LogP contribution is -2.26. The molecular weight excluding hydrogens is 292 g/mol. The number of aromatic nitrogens is 2. The molecule has 3 N–H and O–H groups in total. The summed E-state index contributed by atoms with van der Waals surface area (Å²) in [7, 11) is 0. The van der Waals surface area contributed by atoms with Gasteiger partial charge in [0.2, 0.25) is 17.6 Å². The fourth-order valence-electron chi connectivity index (χ4n) is 1.73. The number of benzene rings is 1. The summed E-state index contributed by atoms with van der Waals surface area (Å²) in [5, 5.41) is 7.34. The highest BCUT2D eigenvalue weighted by Crippen LogP contribution is 2.18. The molecule has 0 bridgehead atoms. The first-order valence-corrected chi connectivity index (χ1v) is 7.12. The second-order valence-electron chi connectivity index (χ2n) is 4.51. The van der Waals surface area contributed by atoms with Gasteiger partial charge in [-0.05, 0) is 37.2 Å². The van der Waals surface area contributed by atoms with E-state index in [0.29, 0.717) is 49.1 Å². The van der Waals surface area contributed by atoms with Crippen LogP contribution in [0.2, 0.25) is 5.02 Å². The molecule has 6 nitrogen and oxygen atoms in total. The van der Waals surface area contributed by atoms with E-state index in [9.17, 15) is 4.79 Å². The third-order valence-electron chi connectivity index (χ3n) is 2.84. The van der Waals surface area contributed by atoms with Gasteiger partial charge in [-0.2, -0.15) is 4.98 Å². The van der Waals surface area contributed by atoms with Gasteiger partial charge in [0.05, 0.1) is 0 Å². The van der Waals surface area contributed by atoms with Crippen molar-refractivity contribution in [2.75, 3.05) is 13.1 Å². The first kappa shape index (κ1) is 15.5. The fourth-order valence-corrected chi connectivity index (χ4v) is 1.86. The molecule has 1 aromatic carbocycles. The molecule has 112 valence electrons. The van der Waals surface area contributed by atoms with Crippen molar-refractivity contribution in [1.29, 1.82) is 0 Å². The molecule has 2 rings (SSSR count). The van der Waals surface area contributed by atoms with Gasteiger partial charge in [0.1, 0.15) is 0 Å². The van der Waals surface area contributed by atoms with Crippen LogP contribution in [0.15, 0.2) is 28.8 Å². The Bertz CT molecular complexity index is 583. The van der Waals surface area contributed by atoms with Crippen LogP contribution in [0.3, 0.4) is 0 Å². The third kappa shape index (κ3) is 4.84. The third-order valence-corrected chi connectivity index (χ3v) is 3.09. The number of nitrogens with zero attached hydrogens (tertiary/aromatic N) is 2. The lowest BCUT2D eigenvalue weighted by atomic mass is 10.2. The van der Waals surface area contributed by atoms with Crippen molar-refractivity contribution in [2.24, 2.45) is 5.73 Å². The van der Waals surface area contributed by atoms with E-state index in [-0.39, 0.29) is 5.91 Å². The Labute approximate surface area is 127 Å². The number of halogens is 1. The maximum absolute atomic E-state index is 11.4. The van der Waals surface area contributed by atoms with Crippen molar-refractivity contribution < 1.29 is 9.32 Å². The van der Waals surface area contributed by atoms with Gasteiger partial charge in [0.25, 0.3) is 0 Å². The minimum absolute atomic E-state index is 0.0158. The van der Waals surface area contributed by atoms with E-state index in [2.05, 4.69) is 15.5 Å². The SMILES string of the molecule is NCCCC(=O)NCCc1nc(-c2ccc(Cl)cc2)no1. The van der Waals surface area contributed by atoms with Crippen LogP contribution in [0.5, 0.6) is 0 Å². The van der Waals surface area contributed by atoms with Crippen LogP contribution in [0.1, 0.15) is 18.7 Å². The van der Waals surface area contributed by atoms with Crippen molar-refractivity contribution in [3.05, 3.63) is 35.2 Å². The van der Waals surface area contributed by atoms with Gasteiger partial charge < -0.3 is 15.6 Å². The maximum atomic E-state index is 11.4. The Balaban J connectivity index is 1.83. The van der Waals surface area contributed by atoms with E-state index in [1.54, 1.807) is 12.1 Å². The average molecular weight is 309 g/mol. The van der Waals surface area contributed by atoms with E-state index in [1.165, 1.54) is 0 Å². The Morgan fingerprint density at radius 2 is 2.10 bits per heavy atom. The molecule has 0 aliphatic heterocycles. The lowest BCUT2D eigenvalue weighted by molar-refractivity contribution is -0.121. The number of hydrogen-bond donors (Lipinski definition) is 2. The molecule has 1 amide bonds. The van der Waals surface area contributed by atoms with Crippen LogP contribution in [-0.2, 0) is 11.2 Å². The molecule has 0 aliphatic rings. The topological polar surface area (TPSA) is 94.0 Å². The monoisotopic (exact) mass is 308 g/mol. The standard InChI is InChI=1S/C14H17ClN4O2/c15-11-5-3-10(4-6-11)14-18-13(21-19-14)7-9-17-12(20)2-1-8-16/h3-6H,1-2,7-9,16H2,(H,17,20). The van der Waals surface area contributed by atoms with Crippen molar-refractivity contribution in [2.45, 2.75) is 19.3 Å². The van der Waals surface area contributed by atoms with Crippen molar-refractivity contribution in [1.82, 2.24) is 15.5 Å². The van der Waals surface area contributed by atoms with E-state index < -0.39 is 0 Å². The van der Waals surface area contributed by atoms with E-state index >= 15 is 0 Å². The molecule has 0 saturated heterocycles. The zero-order valence-electron chi connectivity index (χ0n) is 11.5. The highest BCUT2D eigenvalue weighted by atomic mass is 35.5. The quantitative estimate of drug-likeness (QED) is 0.813. The molecule has 1 aromatic heterocycles. The van der Waals surface area contributed by atoms with Gasteiger partial charge in [-0.3, -0.25) is 4.79 Å². The Morgan fingerprint density at radius 3 is 2.81 bits per heavy atom. The van der Waals surface area contributed by atoms with Crippen molar-refractivity contribution in [3.8, 4) is 11.4 Å². The maximum Gasteiger partial charge on any atom is 0.228 e. The zero-order valence-corrected chi connectivity index (χ0v) is 12.3. The predicted molar refractivity (Wildman–Crippen MR) is 79.7 cm³/mol. The van der Waals surface area contributed by atoms with Gasteiger partial charge >= 0.3 is 0 Å². The lowest BCUT2D eigenvalue weighted by Gasteiger charge is -2.01. The summed E-state index contributed by atoms with van der Waals surface area (Å²) in [6.07, 6.45) is 1.62. The summed E-state index contributed by atoms with van der Waals surface area (Å²) in [6, 6.07) is 7.19. The first-order valence-electron chi connectivity index (χ1n) is 6.74. The van der Waals surface area contributed by atoms with Gasteiger partial charge in [-0.25, -0.2) is 0 Å². The molecule has 0 radical (unpaired) electrons. The average Bonchev–Trinajstić information content (AvgIpc) is 2.95. The van der Waals surface area contributed by atoms with Crippen molar-refractivity contribution in [3.63, 3.8) is 0 Å². The summed E-state index contributed by atoms with van der Waals surface area (Å²) in [5.74, 6) is 0.980. The van der Waals surface area contributed by atoms with Crippen LogP contribution in [0.25, 0.3) is 11.4 Å². The second-order valence-corrected chi connectivity index (χ2v) is 4.95. The molecule has 0 atom stereocenters.